The number of aliphatic hydroxyl groups is 2. The van der Waals surface area contributed by atoms with E-state index in [1.807, 2.05) is 37.3 Å². The van der Waals surface area contributed by atoms with Crippen molar-refractivity contribution in [2.75, 3.05) is 0 Å². The molecule has 0 radical (unpaired) electrons. The Bertz CT molecular complexity index is 523. The van der Waals surface area contributed by atoms with Crippen LogP contribution < -0.4 is 0 Å². The monoisotopic (exact) mass is 322 g/mol. The minimum atomic E-state index is -1.21. The normalized spacial score (nSPS) is 23.4. The molecule has 1 aliphatic rings. The van der Waals surface area contributed by atoms with Gasteiger partial charge in [-0.3, -0.25) is 0 Å². The average Bonchev–Trinajstić information content (AvgIpc) is 2.87. The smallest absolute Gasteiger partial charge is 0.205 e. The van der Waals surface area contributed by atoms with Crippen LogP contribution in [0.1, 0.15) is 45.6 Å². The number of benzene rings is 1. The van der Waals surface area contributed by atoms with Crippen molar-refractivity contribution in [2.24, 2.45) is 0 Å². The van der Waals surface area contributed by atoms with Crippen LogP contribution in [0.5, 0.6) is 0 Å². The molecule has 23 heavy (non-hydrogen) atoms. The molecule has 5 heteroatoms. The Labute approximate surface area is 137 Å². The lowest BCUT2D eigenvalue weighted by Gasteiger charge is -2.19. The predicted molar refractivity (Wildman–Crippen MR) is 86.5 cm³/mol. The van der Waals surface area contributed by atoms with Crippen LogP contribution in [0.15, 0.2) is 41.9 Å². The molecule has 1 aromatic carbocycles. The molecule has 2 atom stereocenters. The van der Waals surface area contributed by atoms with Gasteiger partial charge in [0.1, 0.15) is 5.76 Å². The molecule has 0 saturated carbocycles. The molecular formula is C18H26O5. The summed E-state index contributed by atoms with van der Waals surface area (Å²) in [7, 11) is 0. The van der Waals surface area contributed by atoms with Crippen molar-refractivity contribution < 1.29 is 24.4 Å². The third-order valence-corrected chi connectivity index (χ3v) is 3.60. The first-order valence-electron chi connectivity index (χ1n) is 8.05. The van der Waals surface area contributed by atoms with Gasteiger partial charge in [0.25, 0.3) is 0 Å². The lowest BCUT2D eigenvalue weighted by atomic mass is 10.1. The van der Waals surface area contributed by atoms with Crippen LogP contribution in [-0.4, -0.2) is 28.4 Å². The summed E-state index contributed by atoms with van der Waals surface area (Å²) in [6.07, 6.45) is 0.251. The molecule has 0 amide bonds. The van der Waals surface area contributed by atoms with Crippen LogP contribution in [0.4, 0.5) is 0 Å². The molecule has 5 nitrogen and oxygen atoms in total. The van der Waals surface area contributed by atoms with E-state index in [2.05, 4.69) is 0 Å². The van der Waals surface area contributed by atoms with E-state index in [9.17, 15) is 10.2 Å². The van der Waals surface area contributed by atoms with Crippen LogP contribution >= 0.6 is 0 Å². The highest BCUT2D eigenvalue weighted by Crippen LogP contribution is 2.35. The van der Waals surface area contributed by atoms with E-state index in [-0.39, 0.29) is 18.1 Å². The van der Waals surface area contributed by atoms with Gasteiger partial charge in [0.05, 0.1) is 6.61 Å². The summed E-state index contributed by atoms with van der Waals surface area (Å²) in [6, 6.07) is 9.57. The van der Waals surface area contributed by atoms with Crippen LogP contribution in [0, 0.1) is 0 Å². The van der Waals surface area contributed by atoms with E-state index in [0.29, 0.717) is 6.42 Å². The van der Waals surface area contributed by atoms with Crippen LogP contribution in [0.25, 0.3) is 0 Å². The van der Waals surface area contributed by atoms with Gasteiger partial charge in [0.2, 0.25) is 5.79 Å². The zero-order valence-electron chi connectivity index (χ0n) is 14.0. The first-order valence-corrected chi connectivity index (χ1v) is 8.05. The third-order valence-electron chi connectivity index (χ3n) is 3.60. The summed E-state index contributed by atoms with van der Waals surface area (Å²) in [5.41, 5.74) is 0.950. The van der Waals surface area contributed by atoms with Gasteiger partial charge in [0.15, 0.2) is 18.2 Å². The maximum absolute atomic E-state index is 10.3. The number of aliphatic hydroxyl groups excluding tert-OH is 2. The highest BCUT2D eigenvalue weighted by molar-refractivity contribution is 5.14. The molecule has 0 aromatic heterocycles. The quantitative estimate of drug-likeness (QED) is 0.592. The second kappa shape index (κ2) is 7.81. The highest BCUT2D eigenvalue weighted by atomic mass is 16.8. The summed E-state index contributed by atoms with van der Waals surface area (Å²) in [5.74, 6) is -0.522. The molecule has 2 rings (SSSR count). The predicted octanol–water partition coefficient (Wildman–Crippen LogP) is 3.63. The molecule has 128 valence electrons. The first kappa shape index (κ1) is 17.8. The van der Waals surface area contributed by atoms with Gasteiger partial charge in [-0.1, -0.05) is 43.7 Å². The Kier molecular flexibility index (Phi) is 6.04. The average molecular weight is 322 g/mol. The van der Waals surface area contributed by atoms with Crippen molar-refractivity contribution in [1.29, 1.82) is 0 Å². The molecule has 0 aliphatic carbocycles. The van der Waals surface area contributed by atoms with Gasteiger partial charge in [-0.15, -0.1) is 0 Å². The Balaban J connectivity index is 2.04. The van der Waals surface area contributed by atoms with Gasteiger partial charge in [0, 0.05) is 20.3 Å². The van der Waals surface area contributed by atoms with E-state index in [0.717, 1.165) is 18.4 Å². The van der Waals surface area contributed by atoms with E-state index >= 15 is 0 Å². The zero-order chi connectivity index (χ0) is 16.9. The molecule has 2 unspecified atom stereocenters. The molecule has 0 spiro atoms. The molecule has 1 saturated heterocycles. The molecule has 1 aromatic rings. The number of hydrogen-bond acceptors (Lipinski definition) is 5. The maximum Gasteiger partial charge on any atom is 0.205 e. The number of ether oxygens (including phenoxy) is 3. The van der Waals surface area contributed by atoms with Crippen LogP contribution in [0.2, 0.25) is 0 Å². The summed E-state index contributed by atoms with van der Waals surface area (Å²) in [4.78, 5) is 0. The van der Waals surface area contributed by atoms with Gasteiger partial charge < -0.3 is 24.4 Å². The van der Waals surface area contributed by atoms with Crippen molar-refractivity contribution >= 4 is 0 Å². The Hall–Kier alpha value is -1.56. The second-order valence-electron chi connectivity index (χ2n) is 6.14. The number of allylic oxidation sites excluding steroid dienone is 1. The lowest BCUT2D eigenvalue weighted by Crippen LogP contribution is -2.32. The van der Waals surface area contributed by atoms with E-state index in [1.165, 1.54) is 0 Å². The summed E-state index contributed by atoms with van der Waals surface area (Å²) in [5, 5.41) is 20.5. The fourth-order valence-electron chi connectivity index (χ4n) is 2.43. The highest BCUT2D eigenvalue weighted by Gasteiger charge is 2.44. The molecule has 1 aliphatic heterocycles. The standard InChI is InChI=1S/C18H26O5/c1-4-5-11-14(19)15-16(23-18(2,3)22-15)17(20)21-12-13-9-7-6-8-10-13/h6-10,16-17,19-20H,4-5,11-12H2,1-3H3/b15-14-. The van der Waals surface area contributed by atoms with Crippen LogP contribution in [0.3, 0.4) is 0 Å². The number of hydrogen-bond donors (Lipinski definition) is 2. The fourth-order valence-corrected chi connectivity index (χ4v) is 2.43. The van der Waals surface area contributed by atoms with Gasteiger partial charge >= 0.3 is 0 Å². The second-order valence-corrected chi connectivity index (χ2v) is 6.14. The number of rotatable bonds is 7. The van der Waals surface area contributed by atoms with Crippen molar-refractivity contribution in [1.82, 2.24) is 0 Å². The van der Waals surface area contributed by atoms with E-state index in [4.69, 9.17) is 14.2 Å². The largest absolute Gasteiger partial charge is 0.509 e. The van der Waals surface area contributed by atoms with Gasteiger partial charge in [-0.25, -0.2) is 0 Å². The van der Waals surface area contributed by atoms with Gasteiger partial charge in [-0.05, 0) is 12.0 Å². The topological polar surface area (TPSA) is 68.2 Å². The number of unbranched alkanes of at least 4 members (excludes halogenated alkanes) is 1. The summed E-state index contributed by atoms with van der Waals surface area (Å²) < 4.78 is 16.9. The first-order chi connectivity index (χ1) is 10.9. The van der Waals surface area contributed by atoms with Crippen molar-refractivity contribution in [3.05, 3.63) is 47.4 Å². The Morgan fingerprint density at radius 2 is 2.00 bits per heavy atom. The van der Waals surface area contributed by atoms with E-state index < -0.39 is 18.2 Å². The van der Waals surface area contributed by atoms with Gasteiger partial charge in [-0.2, -0.15) is 0 Å². The lowest BCUT2D eigenvalue weighted by molar-refractivity contribution is -0.204. The molecule has 2 N–H and O–H groups in total. The van der Waals surface area contributed by atoms with Crippen molar-refractivity contribution in [3.63, 3.8) is 0 Å². The molecule has 0 bridgehead atoms. The molecular weight excluding hydrogens is 296 g/mol. The van der Waals surface area contributed by atoms with E-state index in [1.54, 1.807) is 13.8 Å². The zero-order valence-corrected chi connectivity index (χ0v) is 14.0. The van der Waals surface area contributed by atoms with Crippen molar-refractivity contribution in [3.8, 4) is 0 Å². The molecule has 1 fully saturated rings. The van der Waals surface area contributed by atoms with Crippen LogP contribution in [-0.2, 0) is 20.8 Å². The molecule has 1 heterocycles. The minimum absolute atomic E-state index is 0.116. The fraction of sp³-hybridized carbons (Fsp3) is 0.556. The summed E-state index contributed by atoms with van der Waals surface area (Å²) >= 11 is 0. The SMILES string of the molecule is CCCC/C(O)=C1/OC(C)(C)OC1C(O)OCc1ccccc1. The Morgan fingerprint density at radius 1 is 1.30 bits per heavy atom. The maximum atomic E-state index is 10.3. The minimum Gasteiger partial charge on any atom is -0.509 e. The summed E-state index contributed by atoms with van der Waals surface area (Å²) in [6.45, 7) is 5.78. The third kappa shape index (κ3) is 4.96. The Morgan fingerprint density at radius 3 is 2.65 bits per heavy atom. The van der Waals surface area contributed by atoms with Crippen molar-refractivity contribution in [2.45, 2.75) is 64.8 Å².